The zero-order valence-electron chi connectivity index (χ0n) is 13.6. The summed E-state index contributed by atoms with van der Waals surface area (Å²) < 4.78 is 5.72. The molecule has 2 rings (SSSR count). The smallest absolute Gasteiger partial charge is 0.119 e. The van der Waals surface area contributed by atoms with Crippen LogP contribution < -0.4 is 10.1 Å². The SMILES string of the molecule is CC(C)COc1ccc(C(C)NC2(CO)CCCC2)cc1. The van der Waals surface area contributed by atoms with E-state index in [9.17, 15) is 5.11 Å². The summed E-state index contributed by atoms with van der Waals surface area (Å²) in [6.45, 7) is 7.44. The molecule has 0 heterocycles. The van der Waals surface area contributed by atoms with Gasteiger partial charge < -0.3 is 15.2 Å². The van der Waals surface area contributed by atoms with Gasteiger partial charge in [0.2, 0.25) is 0 Å². The summed E-state index contributed by atoms with van der Waals surface area (Å²) in [4.78, 5) is 0. The van der Waals surface area contributed by atoms with Crippen molar-refractivity contribution >= 4 is 0 Å². The summed E-state index contributed by atoms with van der Waals surface area (Å²) in [5.74, 6) is 1.47. The Kier molecular flexibility index (Phi) is 5.65. The van der Waals surface area contributed by atoms with Crippen LogP contribution in [0.3, 0.4) is 0 Å². The Morgan fingerprint density at radius 3 is 2.29 bits per heavy atom. The molecule has 0 spiro atoms. The van der Waals surface area contributed by atoms with E-state index in [2.05, 4.69) is 38.2 Å². The normalized spacial score (nSPS) is 18.9. The van der Waals surface area contributed by atoms with Crippen molar-refractivity contribution < 1.29 is 9.84 Å². The highest BCUT2D eigenvalue weighted by Crippen LogP contribution is 2.32. The fourth-order valence-electron chi connectivity index (χ4n) is 3.06. The van der Waals surface area contributed by atoms with E-state index in [0.717, 1.165) is 25.2 Å². The van der Waals surface area contributed by atoms with Gasteiger partial charge in [0.1, 0.15) is 5.75 Å². The van der Waals surface area contributed by atoms with E-state index in [4.69, 9.17) is 4.74 Å². The molecular weight excluding hydrogens is 262 g/mol. The van der Waals surface area contributed by atoms with Gasteiger partial charge in [0.05, 0.1) is 13.2 Å². The molecule has 0 radical (unpaired) electrons. The largest absolute Gasteiger partial charge is 0.493 e. The van der Waals surface area contributed by atoms with Gasteiger partial charge in [-0.05, 0) is 43.4 Å². The van der Waals surface area contributed by atoms with Crippen molar-refractivity contribution in [3.63, 3.8) is 0 Å². The lowest BCUT2D eigenvalue weighted by atomic mass is 9.96. The molecule has 0 aromatic heterocycles. The van der Waals surface area contributed by atoms with E-state index in [1.807, 2.05) is 12.1 Å². The number of aliphatic hydroxyl groups is 1. The van der Waals surface area contributed by atoms with Gasteiger partial charge in [-0.25, -0.2) is 0 Å². The lowest BCUT2D eigenvalue weighted by molar-refractivity contribution is 0.153. The van der Waals surface area contributed by atoms with Crippen molar-refractivity contribution in [1.29, 1.82) is 0 Å². The minimum absolute atomic E-state index is 0.0772. The van der Waals surface area contributed by atoms with Gasteiger partial charge in [0.25, 0.3) is 0 Å². The van der Waals surface area contributed by atoms with E-state index in [1.165, 1.54) is 18.4 Å². The number of nitrogens with one attached hydrogen (secondary N) is 1. The van der Waals surface area contributed by atoms with Crippen molar-refractivity contribution in [2.75, 3.05) is 13.2 Å². The third-order valence-corrected chi connectivity index (χ3v) is 4.35. The molecule has 1 atom stereocenters. The maximum atomic E-state index is 9.70. The Bertz CT molecular complexity index is 421. The van der Waals surface area contributed by atoms with Crippen LogP contribution >= 0.6 is 0 Å². The van der Waals surface area contributed by atoms with Gasteiger partial charge in [-0.2, -0.15) is 0 Å². The maximum absolute atomic E-state index is 9.70. The molecule has 3 heteroatoms. The molecular formula is C18H29NO2. The minimum Gasteiger partial charge on any atom is -0.493 e. The second-order valence-electron chi connectivity index (χ2n) is 6.79. The standard InChI is InChI=1S/C18H29NO2/c1-14(2)12-21-17-8-6-16(7-9-17)15(3)19-18(13-20)10-4-5-11-18/h6-9,14-15,19-20H,4-5,10-13H2,1-3H3. The van der Waals surface area contributed by atoms with Crippen LogP contribution in [0.2, 0.25) is 0 Å². The molecule has 118 valence electrons. The highest BCUT2D eigenvalue weighted by Gasteiger charge is 2.34. The Balaban J connectivity index is 1.94. The molecule has 0 aliphatic heterocycles. The molecule has 3 nitrogen and oxygen atoms in total. The zero-order valence-corrected chi connectivity index (χ0v) is 13.6. The molecule has 1 fully saturated rings. The molecule has 1 aromatic carbocycles. The van der Waals surface area contributed by atoms with E-state index < -0.39 is 0 Å². The zero-order chi connectivity index (χ0) is 15.3. The Labute approximate surface area is 128 Å². The molecule has 1 aliphatic rings. The Morgan fingerprint density at radius 1 is 1.14 bits per heavy atom. The lowest BCUT2D eigenvalue weighted by Gasteiger charge is -2.32. The number of benzene rings is 1. The van der Waals surface area contributed by atoms with Gasteiger partial charge in [-0.1, -0.05) is 38.8 Å². The Hall–Kier alpha value is -1.06. The van der Waals surface area contributed by atoms with Crippen LogP contribution in [0.5, 0.6) is 5.75 Å². The third kappa shape index (κ3) is 4.45. The monoisotopic (exact) mass is 291 g/mol. The first-order valence-corrected chi connectivity index (χ1v) is 8.16. The molecule has 0 bridgehead atoms. The highest BCUT2D eigenvalue weighted by atomic mass is 16.5. The summed E-state index contributed by atoms with van der Waals surface area (Å²) in [7, 11) is 0. The number of hydrogen-bond donors (Lipinski definition) is 2. The first-order valence-electron chi connectivity index (χ1n) is 8.16. The quantitative estimate of drug-likeness (QED) is 0.805. The average molecular weight is 291 g/mol. The summed E-state index contributed by atoms with van der Waals surface area (Å²) in [6.07, 6.45) is 4.57. The van der Waals surface area contributed by atoms with Gasteiger partial charge in [0, 0.05) is 11.6 Å². The van der Waals surface area contributed by atoms with Gasteiger partial charge in [0.15, 0.2) is 0 Å². The fourth-order valence-corrected chi connectivity index (χ4v) is 3.06. The average Bonchev–Trinajstić information content (AvgIpc) is 2.94. The van der Waals surface area contributed by atoms with Crippen LogP contribution in [0.4, 0.5) is 0 Å². The molecule has 0 amide bonds. The predicted molar refractivity (Wildman–Crippen MR) is 86.6 cm³/mol. The maximum Gasteiger partial charge on any atom is 0.119 e. The van der Waals surface area contributed by atoms with E-state index in [-0.39, 0.29) is 18.2 Å². The van der Waals surface area contributed by atoms with E-state index in [1.54, 1.807) is 0 Å². The van der Waals surface area contributed by atoms with Crippen molar-refractivity contribution in [1.82, 2.24) is 5.32 Å². The number of hydrogen-bond acceptors (Lipinski definition) is 3. The first-order chi connectivity index (χ1) is 10.0. The van der Waals surface area contributed by atoms with Crippen LogP contribution in [0.15, 0.2) is 24.3 Å². The minimum atomic E-state index is -0.0772. The van der Waals surface area contributed by atoms with Crippen LogP contribution in [-0.2, 0) is 0 Å². The van der Waals surface area contributed by atoms with Crippen LogP contribution in [0.25, 0.3) is 0 Å². The summed E-state index contributed by atoms with van der Waals surface area (Å²) in [5.41, 5.74) is 1.17. The lowest BCUT2D eigenvalue weighted by Crippen LogP contribution is -2.47. The summed E-state index contributed by atoms with van der Waals surface area (Å²) >= 11 is 0. The topological polar surface area (TPSA) is 41.5 Å². The van der Waals surface area contributed by atoms with Gasteiger partial charge in [-0.15, -0.1) is 0 Å². The second-order valence-corrected chi connectivity index (χ2v) is 6.79. The number of ether oxygens (including phenoxy) is 1. The molecule has 1 unspecified atom stereocenters. The van der Waals surface area contributed by atoms with Crippen molar-refractivity contribution in [3.8, 4) is 5.75 Å². The van der Waals surface area contributed by atoms with Crippen LogP contribution in [-0.4, -0.2) is 23.9 Å². The fraction of sp³-hybridized carbons (Fsp3) is 0.667. The van der Waals surface area contributed by atoms with E-state index >= 15 is 0 Å². The Morgan fingerprint density at radius 2 is 1.76 bits per heavy atom. The van der Waals surface area contributed by atoms with Crippen molar-refractivity contribution in [2.45, 2.75) is 58.0 Å². The van der Waals surface area contributed by atoms with Crippen LogP contribution in [0.1, 0.15) is 58.1 Å². The molecule has 0 saturated heterocycles. The highest BCUT2D eigenvalue weighted by molar-refractivity contribution is 5.29. The summed E-state index contributed by atoms with van der Waals surface area (Å²) in [5, 5.41) is 13.3. The first kappa shape index (κ1) is 16.3. The number of rotatable bonds is 7. The van der Waals surface area contributed by atoms with Crippen molar-refractivity contribution in [3.05, 3.63) is 29.8 Å². The van der Waals surface area contributed by atoms with Gasteiger partial charge in [-0.3, -0.25) is 0 Å². The van der Waals surface area contributed by atoms with E-state index in [0.29, 0.717) is 5.92 Å². The van der Waals surface area contributed by atoms with Crippen molar-refractivity contribution in [2.24, 2.45) is 5.92 Å². The third-order valence-electron chi connectivity index (χ3n) is 4.35. The molecule has 21 heavy (non-hydrogen) atoms. The molecule has 2 N–H and O–H groups in total. The molecule has 1 aliphatic carbocycles. The summed E-state index contributed by atoms with van der Waals surface area (Å²) in [6, 6.07) is 8.56. The van der Waals surface area contributed by atoms with Gasteiger partial charge >= 0.3 is 0 Å². The van der Waals surface area contributed by atoms with Crippen LogP contribution in [0, 0.1) is 5.92 Å². The molecule has 1 saturated carbocycles. The second kappa shape index (κ2) is 7.28. The molecule has 1 aromatic rings. The predicted octanol–water partition coefficient (Wildman–Crippen LogP) is 3.68. The number of aliphatic hydroxyl groups excluding tert-OH is 1.